The van der Waals surface area contributed by atoms with E-state index in [1.165, 1.54) is 0 Å². The summed E-state index contributed by atoms with van der Waals surface area (Å²) < 4.78 is 0. The summed E-state index contributed by atoms with van der Waals surface area (Å²) in [5.74, 6) is -0.722. The maximum atomic E-state index is 11.4. The number of likely N-dealkylation sites (tertiary alicyclic amines) is 1. The minimum atomic E-state index is -0.722. The summed E-state index contributed by atoms with van der Waals surface area (Å²) in [6, 6.07) is 9.82. The second-order valence-corrected chi connectivity index (χ2v) is 5.85. The summed E-state index contributed by atoms with van der Waals surface area (Å²) in [4.78, 5) is 13.6. The van der Waals surface area contributed by atoms with Gasteiger partial charge in [0.05, 0.1) is 17.0 Å². The maximum Gasteiger partial charge on any atom is 0.310 e. The molecular weight excluding hydrogens is 252 g/mol. The first-order valence-corrected chi connectivity index (χ1v) is 6.94. The quantitative estimate of drug-likeness (QED) is 0.919. The van der Waals surface area contributed by atoms with Crippen LogP contribution in [0.1, 0.15) is 43.9 Å². The zero-order valence-electron chi connectivity index (χ0n) is 12.0. The van der Waals surface area contributed by atoms with Gasteiger partial charge in [0.2, 0.25) is 0 Å². The number of nitrogens with zero attached hydrogens (tertiary/aromatic N) is 2. The van der Waals surface area contributed by atoms with E-state index in [1.54, 1.807) is 6.07 Å². The monoisotopic (exact) mass is 272 g/mol. The Hall–Kier alpha value is -1.86. The predicted molar refractivity (Wildman–Crippen MR) is 76.1 cm³/mol. The molecule has 0 bridgehead atoms. The molecule has 1 aliphatic rings. The standard InChI is InChI=1S/C16H20N2O2/c1-12(14-6-3-5-13(9-14)10-17)18-8-4-7-16(2,11-18)15(19)20/h3,5-6,9,12H,4,7-8,11H2,1-2H3,(H,19,20). The van der Waals surface area contributed by atoms with Crippen molar-refractivity contribution in [1.29, 1.82) is 5.26 Å². The van der Waals surface area contributed by atoms with Gasteiger partial charge >= 0.3 is 5.97 Å². The van der Waals surface area contributed by atoms with E-state index in [0.717, 1.165) is 24.9 Å². The molecule has 1 saturated heterocycles. The van der Waals surface area contributed by atoms with Gasteiger partial charge in [-0.25, -0.2) is 0 Å². The summed E-state index contributed by atoms with van der Waals surface area (Å²) in [6.45, 7) is 5.35. The highest BCUT2D eigenvalue weighted by Crippen LogP contribution is 2.34. The van der Waals surface area contributed by atoms with Gasteiger partial charge in [0.25, 0.3) is 0 Å². The zero-order chi connectivity index (χ0) is 14.8. The Labute approximate surface area is 119 Å². The van der Waals surface area contributed by atoms with E-state index in [1.807, 2.05) is 25.1 Å². The molecule has 0 aliphatic carbocycles. The largest absolute Gasteiger partial charge is 0.481 e. The SMILES string of the molecule is CC(c1cccc(C#N)c1)N1CCCC(C)(C(=O)O)C1. The number of nitriles is 1. The summed E-state index contributed by atoms with van der Waals surface area (Å²) in [5.41, 5.74) is 1.05. The minimum absolute atomic E-state index is 0.127. The van der Waals surface area contributed by atoms with Gasteiger partial charge in [0, 0.05) is 12.6 Å². The first-order chi connectivity index (χ1) is 9.46. The number of aliphatic carboxylic acids is 1. The van der Waals surface area contributed by atoms with Gasteiger partial charge in [-0.05, 0) is 50.9 Å². The fourth-order valence-corrected chi connectivity index (χ4v) is 2.86. The summed E-state index contributed by atoms with van der Waals surface area (Å²) in [5, 5.41) is 18.3. The Morgan fingerprint density at radius 2 is 2.30 bits per heavy atom. The van der Waals surface area contributed by atoms with Crippen molar-refractivity contribution in [3.8, 4) is 6.07 Å². The van der Waals surface area contributed by atoms with Crippen LogP contribution in [-0.4, -0.2) is 29.1 Å². The Balaban J connectivity index is 2.18. The minimum Gasteiger partial charge on any atom is -0.481 e. The van der Waals surface area contributed by atoms with E-state index in [4.69, 9.17) is 5.26 Å². The molecule has 1 aromatic carbocycles. The van der Waals surface area contributed by atoms with E-state index in [0.29, 0.717) is 12.1 Å². The number of hydrogen-bond donors (Lipinski definition) is 1. The molecule has 1 aliphatic heterocycles. The Bertz CT molecular complexity index is 550. The van der Waals surface area contributed by atoms with Crippen LogP contribution in [0.15, 0.2) is 24.3 Å². The van der Waals surface area contributed by atoms with Crippen LogP contribution >= 0.6 is 0 Å². The van der Waals surface area contributed by atoms with Gasteiger partial charge in [-0.3, -0.25) is 9.69 Å². The lowest BCUT2D eigenvalue weighted by Gasteiger charge is -2.40. The Kier molecular flexibility index (Phi) is 4.10. The third-order valence-corrected chi connectivity index (χ3v) is 4.29. The molecule has 0 spiro atoms. The van der Waals surface area contributed by atoms with Crippen molar-refractivity contribution in [1.82, 2.24) is 4.90 Å². The number of carboxylic acid groups (broad SMARTS) is 1. The van der Waals surface area contributed by atoms with Crippen molar-refractivity contribution >= 4 is 5.97 Å². The molecule has 2 atom stereocenters. The maximum absolute atomic E-state index is 11.4. The Morgan fingerprint density at radius 3 is 2.95 bits per heavy atom. The molecule has 4 heteroatoms. The number of benzene rings is 1. The summed E-state index contributed by atoms with van der Waals surface area (Å²) >= 11 is 0. The molecule has 2 unspecified atom stereocenters. The number of carboxylic acids is 1. The fourth-order valence-electron chi connectivity index (χ4n) is 2.86. The highest BCUT2D eigenvalue weighted by atomic mass is 16.4. The number of rotatable bonds is 3. The molecule has 0 amide bonds. The molecule has 4 nitrogen and oxygen atoms in total. The van der Waals surface area contributed by atoms with Crippen molar-refractivity contribution in [2.45, 2.75) is 32.7 Å². The first-order valence-electron chi connectivity index (χ1n) is 6.94. The van der Waals surface area contributed by atoms with Crippen LogP contribution in [0.25, 0.3) is 0 Å². The highest BCUT2D eigenvalue weighted by Gasteiger charge is 2.39. The number of carbonyl (C=O) groups is 1. The zero-order valence-corrected chi connectivity index (χ0v) is 12.0. The smallest absolute Gasteiger partial charge is 0.310 e. The Morgan fingerprint density at radius 1 is 1.55 bits per heavy atom. The molecule has 2 rings (SSSR count). The van der Waals surface area contributed by atoms with Crippen molar-refractivity contribution < 1.29 is 9.90 Å². The molecule has 106 valence electrons. The van der Waals surface area contributed by atoms with Crippen LogP contribution < -0.4 is 0 Å². The number of hydrogen-bond acceptors (Lipinski definition) is 3. The van der Waals surface area contributed by atoms with Crippen molar-refractivity contribution in [2.24, 2.45) is 5.41 Å². The molecule has 0 aromatic heterocycles. The topological polar surface area (TPSA) is 64.3 Å². The lowest BCUT2D eigenvalue weighted by molar-refractivity contribution is -0.151. The second kappa shape index (κ2) is 5.64. The van der Waals surface area contributed by atoms with Crippen molar-refractivity contribution in [3.63, 3.8) is 0 Å². The van der Waals surface area contributed by atoms with Crippen LogP contribution in [0, 0.1) is 16.7 Å². The molecule has 20 heavy (non-hydrogen) atoms. The van der Waals surface area contributed by atoms with Crippen molar-refractivity contribution in [3.05, 3.63) is 35.4 Å². The molecule has 1 N–H and O–H groups in total. The van der Waals surface area contributed by atoms with Gasteiger partial charge in [-0.15, -0.1) is 0 Å². The fraction of sp³-hybridized carbons (Fsp3) is 0.500. The van der Waals surface area contributed by atoms with E-state index in [-0.39, 0.29) is 6.04 Å². The predicted octanol–water partition coefficient (Wildman–Crippen LogP) is 2.81. The molecule has 1 aromatic rings. The van der Waals surface area contributed by atoms with Crippen LogP contribution in [-0.2, 0) is 4.79 Å². The lowest BCUT2D eigenvalue weighted by atomic mass is 9.81. The molecule has 0 saturated carbocycles. The van der Waals surface area contributed by atoms with E-state index < -0.39 is 11.4 Å². The second-order valence-electron chi connectivity index (χ2n) is 5.85. The van der Waals surface area contributed by atoms with Crippen LogP contribution in [0.5, 0.6) is 0 Å². The molecule has 1 fully saturated rings. The van der Waals surface area contributed by atoms with E-state index in [2.05, 4.69) is 17.9 Å². The van der Waals surface area contributed by atoms with Crippen LogP contribution in [0.4, 0.5) is 0 Å². The third-order valence-electron chi connectivity index (χ3n) is 4.29. The highest BCUT2D eigenvalue weighted by molar-refractivity contribution is 5.74. The molecular formula is C16H20N2O2. The van der Waals surface area contributed by atoms with Crippen molar-refractivity contribution in [2.75, 3.05) is 13.1 Å². The molecule has 1 heterocycles. The summed E-state index contributed by atoms with van der Waals surface area (Å²) in [7, 11) is 0. The van der Waals surface area contributed by atoms with E-state index >= 15 is 0 Å². The average Bonchev–Trinajstić information content (AvgIpc) is 2.46. The molecule has 0 radical (unpaired) electrons. The summed E-state index contributed by atoms with van der Waals surface area (Å²) in [6.07, 6.45) is 1.62. The average molecular weight is 272 g/mol. The normalized spacial score (nSPS) is 24.9. The lowest BCUT2D eigenvalue weighted by Crippen LogP contribution is -2.46. The third kappa shape index (κ3) is 2.83. The van der Waals surface area contributed by atoms with Gasteiger partial charge in [0.1, 0.15) is 0 Å². The van der Waals surface area contributed by atoms with Crippen LogP contribution in [0.3, 0.4) is 0 Å². The van der Waals surface area contributed by atoms with Gasteiger partial charge in [-0.2, -0.15) is 5.26 Å². The van der Waals surface area contributed by atoms with E-state index in [9.17, 15) is 9.90 Å². The first kappa shape index (κ1) is 14.5. The van der Waals surface area contributed by atoms with Gasteiger partial charge < -0.3 is 5.11 Å². The number of piperidine rings is 1. The van der Waals surface area contributed by atoms with Gasteiger partial charge in [0.15, 0.2) is 0 Å². The van der Waals surface area contributed by atoms with Gasteiger partial charge in [-0.1, -0.05) is 12.1 Å². The van der Waals surface area contributed by atoms with Crippen LogP contribution in [0.2, 0.25) is 0 Å².